The maximum absolute atomic E-state index is 10.8. The Balaban J connectivity index is 2.77. The van der Waals surface area contributed by atoms with Crippen molar-refractivity contribution >= 4 is 34.2 Å². The predicted molar refractivity (Wildman–Crippen MR) is 64.7 cm³/mol. The summed E-state index contributed by atoms with van der Waals surface area (Å²) in [6, 6.07) is 4.46. The molecule has 1 heterocycles. The predicted octanol–water partition coefficient (Wildman–Crippen LogP) is 2.18. The number of aromatic carboxylic acids is 1. The Labute approximate surface area is 102 Å². The monoisotopic (exact) mass is 252 g/mol. The van der Waals surface area contributed by atoms with Crippen molar-refractivity contribution in [3.63, 3.8) is 0 Å². The molecular formula is C11H9ClN2O3. The second-order valence-electron chi connectivity index (χ2n) is 3.41. The molecule has 0 saturated heterocycles. The number of anilines is 1. The summed E-state index contributed by atoms with van der Waals surface area (Å²) in [4.78, 5) is 14.8. The first-order valence-corrected chi connectivity index (χ1v) is 5.07. The summed E-state index contributed by atoms with van der Waals surface area (Å²) >= 11 is 5.93. The molecule has 6 heteroatoms. The number of nitrogen functional groups attached to an aromatic ring is 1. The molecule has 0 amide bonds. The summed E-state index contributed by atoms with van der Waals surface area (Å²) in [5.41, 5.74) is 6.40. The molecule has 0 saturated carbocycles. The number of nitrogens with two attached hydrogens (primary N) is 1. The molecule has 2 rings (SSSR count). The van der Waals surface area contributed by atoms with Gasteiger partial charge in [-0.3, -0.25) is 0 Å². The van der Waals surface area contributed by atoms with Gasteiger partial charge in [-0.25, -0.2) is 9.78 Å². The third kappa shape index (κ3) is 1.97. The van der Waals surface area contributed by atoms with Crippen LogP contribution in [-0.2, 0) is 0 Å². The molecule has 3 N–H and O–H groups in total. The Hall–Kier alpha value is -2.01. The van der Waals surface area contributed by atoms with E-state index in [9.17, 15) is 4.79 Å². The molecule has 0 aliphatic heterocycles. The molecule has 0 atom stereocenters. The molecule has 0 aliphatic carbocycles. The number of ether oxygens (including phenoxy) is 1. The molecule has 88 valence electrons. The maximum atomic E-state index is 10.8. The van der Waals surface area contributed by atoms with E-state index in [2.05, 4.69) is 4.98 Å². The number of rotatable bonds is 2. The zero-order valence-corrected chi connectivity index (χ0v) is 9.65. The number of pyridine rings is 1. The van der Waals surface area contributed by atoms with Gasteiger partial charge in [0.1, 0.15) is 5.75 Å². The zero-order chi connectivity index (χ0) is 12.6. The normalized spacial score (nSPS) is 10.5. The van der Waals surface area contributed by atoms with E-state index in [1.165, 1.54) is 19.2 Å². The molecule has 0 unspecified atom stereocenters. The number of fused-ring (bicyclic) bond motifs is 1. The van der Waals surface area contributed by atoms with Crippen molar-refractivity contribution in [1.82, 2.24) is 4.98 Å². The molecule has 0 bridgehead atoms. The van der Waals surface area contributed by atoms with Crippen LogP contribution >= 0.6 is 11.6 Å². The first-order valence-electron chi connectivity index (χ1n) is 4.70. The number of nitrogens with zero attached hydrogens (tertiary/aromatic N) is 1. The molecule has 0 aliphatic rings. The molecule has 0 fully saturated rings. The van der Waals surface area contributed by atoms with Crippen LogP contribution in [0.2, 0.25) is 5.02 Å². The number of aromatic nitrogens is 1. The van der Waals surface area contributed by atoms with Crippen molar-refractivity contribution < 1.29 is 14.6 Å². The highest BCUT2D eigenvalue weighted by Gasteiger charge is 2.11. The van der Waals surface area contributed by atoms with Crippen molar-refractivity contribution in [3.8, 4) is 5.75 Å². The lowest BCUT2D eigenvalue weighted by atomic mass is 10.1. The lowest BCUT2D eigenvalue weighted by molar-refractivity contribution is 0.0691. The number of carbonyl (C=O) groups is 1. The highest BCUT2D eigenvalue weighted by molar-refractivity contribution is 6.33. The fourth-order valence-electron chi connectivity index (χ4n) is 1.52. The largest absolute Gasteiger partial charge is 0.495 e. The Morgan fingerprint density at radius 2 is 2.18 bits per heavy atom. The van der Waals surface area contributed by atoms with Crippen molar-refractivity contribution in [3.05, 3.63) is 28.9 Å². The minimum atomic E-state index is -1.13. The zero-order valence-electron chi connectivity index (χ0n) is 8.90. The molecule has 5 nitrogen and oxygen atoms in total. The molecule has 0 radical (unpaired) electrons. The smallest absolute Gasteiger partial charge is 0.354 e. The van der Waals surface area contributed by atoms with E-state index < -0.39 is 5.97 Å². The fourth-order valence-corrected chi connectivity index (χ4v) is 1.75. The highest BCUT2D eigenvalue weighted by Crippen LogP contribution is 2.31. The molecule has 1 aromatic carbocycles. The summed E-state index contributed by atoms with van der Waals surface area (Å²) in [5.74, 6) is -0.665. The van der Waals surface area contributed by atoms with E-state index in [1.54, 1.807) is 6.07 Å². The summed E-state index contributed by atoms with van der Waals surface area (Å²) in [5, 5.41) is 9.83. The fraction of sp³-hybridized carbons (Fsp3) is 0.0909. The van der Waals surface area contributed by atoms with Gasteiger partial charge in [-0.1, -0.05) is 11.6 Å². The minimum Gasteiger partial charge on any atom is -0.495 e. The van der Waals surface area contributed by atoms with Gasteiger partial charge >= 0.3 is 5.97 Å². The number of benzene rings is 1. The number of carboxylic acid groups (broad SMARTS) is 1. The average molecular weight is 253 g/mol. The van der Waals surface area contributed by atoms with Crippen LogP contribution in [-0.4, -0.2) is 23.2 Å². The maximum Gasteiger partial charge on any atom is 0.354 e. The van der Waals surface area contributed by atoms with E-state index in [0.717, 1.165) is 0 Å². The van der Waals surface area contributed by atoms with Crippen LogP contribution in [0.4, 0.5) is 5.69 Å². The third-order valence-corrected chi connectivity index (χ3v) is 2.63. The topological polar surface area (TPSA) is 85.4 Å². The van der Waals surface area contributed by atoms with Crippen LogP contribution in [0.25, 0.3) is 10.9 Å². The Kier molecular flexibility index (Phi) is 2.77. The number of hydrogen-bond donors (Lipinski definition) is 2. The second-order valence-corrected chi connectivity index (χ2v) is 3.81. The lowest BCUT2D eigenvalue weighted by Crippen LogP contribution is -2.02. The average Bonchev–Trinajstić information content (AvgIpc) is 2.27. The summed E-state index contributed by atoms with van der Waals surface area (Å²) in [7, 11) is 1.49. The van der Waals surface area contributed by atoms with Gasteiger partial charge in [-0.2, -0.15) is 0 Å². The van der Waals surface area contributed by atoms with Gasteiger partial charge in [0.05, 0.1) is 17.6 Å². The molecule has 1 aromatic heterocycles. The van der Waals surface area contributed by atoms with E-state index >= 15 is 0 Å². The second kappa shape index (κ2) is 4.10. The van der Waals surface area contributed by atoms with E-state index in [4.69, 9.17) is 27.2 Å². The van der Waals surface area contributed by atoms with Crippen molar-refractivity contribution in [2.75, 3.05) is 12.8 Å². The molecule has 17 heavy (non-hydrogen) atoms. The molecule has 0 spiro atoms. The molecule has 2 aromatic rings. The summed E-state index contributed by atoms with van der Waals surface area (Å²) in [6.07, 6.45) is 0. The lowest BCUT2D eigenvalue weighted by Gasteiger charge is -2.07. The van der Waals surface area contributed by atoms with Crippen LogP contribution in [0.3, 0.4) is 0 Å². The third-order valence-electron chi connectivity index (χ3n) is 2.33. The van der Waals surface area contributed by atoms with Gasteiger partial charge in [0, 0.05) is 11.1 Å². The first-order chi connectivity index (χ1) is 8.02. The van der Waals surface area contributed by atoms with Crippen molar-refractivity contribution in [2.24, 2.45) is 0 Å². The van der Waals surface area contributed by atoms with Crippen LogP contribution in [0.5, 0.6) is 5.75 Å². The van der Waals surface area contributed by atoms with Gasteiger partial charge in [0.25, 0.3) is 0 Å². The highest BCUT2D eigenvalue weighted by atomic mass is 35.5. The summed E-state index contributed by atoms with van der Waals surface area (Å²) < 4.78 is 5.05. The van der Waals surface area contributed by atoms with Crippen LogP contribution in [0, 0.1) is 0 Å². The first kappa shape index (κ1) is 11.5. The Morgan fingerprint density at radius 3 is 2.76 bits per heavy atom. The van der Waals surface area contributed by atoms with Crippen LogP contribution < -0.4 is 10.5 Å². The minimum absolute atomic E-state index is 0.115. The Bertz CT molecular complexity index is 613. The number of halogens is 1. The number of carboxylic acids is 1. The van der Waals surface area contributed by atoms with Crippen molar-refractivity contribution in [2.45, 2.75) is 0 Å². The van der Waals surface area contributed by atoms with Gasteiger partial charge in [0.2, 0.25) is 0 Å². The Morgan fingerprint density at radius 1 is 1.47 bits per heavy atom. The van der Waals surface area contributed by atoms with Gasteiger partial charge in [-0.05, 0) is 18.2 Å². The van der Waals surface area contributed by atoms with E-state index in [0.29, 0.717) is 27.4 Å². The number of hydrogen-bond acceptors (Lipinski definition) is 4. The standard InChI is InChI=1S/C11H9ClN2O3/c1-17-10-2-5-7(13)4-9(11(15)16)14-8(5)3-6(10)12/h2-4H,1H3,(H2,13,14)(H,15,16). The van der Waals surface area contributed by atoms with Gasteiger partial charge in [0.15, 0.2) is 5.69 Å². The van der Waals surface area contributed by atoms with Gasteiger partial charge < -0.3 is 15.6 Å². The SMILES string of the molecule is COc1cc2c(N)cc(C(=O)O)nc2cc1Cl. The summed E-state index contributed by atoms with van der Waals surface area (Å²) in [6.45, 7) is 0. The van der Waals surface area contributed by atoms with Crippen LogP contribution in [0.1, 0.15) is 10.5 Å². The van der Waals surface area contributed by atoms with Crippen molar-refractivity contribution in [1.29, 1.82) is 0 Å². The molecular weight excluding hydrogens is 244 g/mol. The van der Waals surface area contributed by atoms with Crippen LogP contribution in [0.15, 0.2) is 18.2 Å². The number of methoxy groups -OCH3 is 1. The van der Waals surface area contributed by atoms with E-state index in [1.807, 2.05) is 0 Å². The van der Waals surface area contributed by atoms with E-state index in [-0.39, 0.29) is 5.69 Å². The quantitative estimate of drug-likeness (QED) is 0.856. The van der Waals surface area contributed by atoms with Gasteiger partial charge in [-0.15, -0.1) is 0 Å².